The van der Waals surface area contributed by atoms with Crippen LogP contribution in [0.4, 0.5) is 0 Å². The second-order valence-corrected chi connectivity index (χ2v) is 6.91. The van der Waals surface area contributed by atoms with E-state index in [0.717, 1.165) is 64.8 Å². The van der Waals surface area contributed by atoms with Gasteiger partial charge in [-0.2, -0.15) is 5.10 Å². The van der Waals surface area contributed by atoms with Gasteiger partial charge < -0.3 is 9.80 Å². The fraction of sp³-hybridized carbons (Fsp3) is 0.722. The number of rotatable bonds is 5. The molecule has 1 aromatic heterocycles. The summed E-state index contributed by atoms with van der Waals surface area (Å²) in [4.78, 5) is 28.8. The van der Waals surface area contributed by atoms with Gasteiger partial charge in [0.05, 0.1) is 0 Å². The second-order valence-electron chi connectivity index (χ2n) is 6.91. The van der Waals surface area contributed by atoms with Crippen molar-refractivity contribution in [3.8, 4) is 0 Å². The Bertz CT molecular complexity index is 529. The fourth-order valence-corrected chi connectivity index (χ4v) is 3.73. The van der Waals surface area contributed by atoms with Crippen LogP contribution in [0.1, 0.15) is 44.9 Å². The lowest BCUT2D eigenvalue weighted by atomic mass is 9.94. The number of aromatic nitrogens is 2. The topological polar surface area (TPSA) is 58.4 Å². The molecule has 0 spiro atoms. The van der Waals surface area contributed by atoms with Crippen LogP contribution in [-0.2, 0) is 16.1 Å². The van der Waals surface area contributed by atoms with Gasteiger partial charge in [0.15, 0.2) is 0 Å². The van der Waals surface area contributed by atoms with Gasteiger partial charge in [-0.3, -0.25) is 14.3 Å². The largest absolute Gasteiger partial charge is 0.343 e. The van der Waals surface area contributed by atoms with Gasteiger partial charge in [-0.15, -0.1) is 0 Å². The molecular weight excluding hydrogens is 304 g/mol. The van der Waals surface area contributed by atoms with Crippen LogP contribution in [0, 0.1) is 5.92 Å². The summed E-state index contributed by atoms with van der Waals surface area (Å²) in [5, 5.41) is 4.15. The molecule has 2 fully saturated rings. The molecule has 0 bridgehead atoms. The van der Waals surface area contributed by atoms with Gasteiger partial charge in [-0.1, -0.05) is 0 Å². The number of nitrogens with zero attached hydrogens (tertiary/aromatic N) is 4. The van der Waals surface area contributed by atoms with Crippen LogP contribution >= 0.6 is 0 Å². The molecule has 1 aromatic rings. The number of carbonyl (C=O) groups is 2. The molecular formula is C18H28N4O2. The Kier molecular flexibility index (Phi) is 5.88. The summed E-state index contributed by atoms with van der Waals surface area (Å²) in [5.41, 5.74) is 0. The average molecular weight is 332 g/mol. The van der Waals surface area contributed by atoms with E-state index in [4.69, 9.17) is 0 Å². The molecule has 3 heterocycles. The first-order chi connectivity index (χ1) is 11.7. The minimum absolute atomic E-state index is 0.122. The van der Waals surface area contributed by atoms with Crippen molar-refractivity contribution in [3.63, 3.8) is 0 Å². The highest BCUT2D eigenvalue weighted by molar-refractivity contribution is 5.80. The monoisotopic (exact) mass is 332 g/mol. The number of hydrogen-bond donors (Lipinski definition) is 0. The Morgan fingerprint density at radius 3 is 2.42 bits per heavy atom. The molecule has 0 unspecified atom stereocenters. The van der Waals surface area contributed by atoms with Crippen LogP contribution in [-0.4, -0.2) is 57.6 Å². The van der Waals surface area contributed by atoms with Crippen molar-refractivity contribution in [1.29, 1.82) is 0 Å². The average Bonchev–Trinajstić information content (AvgIpc) is 3.15. The summed E-state index contributed by atoms with van der Waals surface area (Å²) in [6.07, 6.45) is 10.2. The van der Waals surface area contributed by atoms with E-state index in [1.807, 2.05) is 26.7 Å². The Balaban J connectivity index is 1.37. The number of piperidine rings is 2. The van der Waals surface area contributed by atoms with Crippen LogP contribution in [0.25, 0.3) is 0 Å². The van der Waals surface area contributed by atoms with E-state index in [2.05, 4.69) is 5.10 Å². The lowest BCUT2D eigenvalue weighted by Crippen LogP contribution is -2.45. The van der Waals surface area contributed by atoms with Gasteiger partial charge >= 0.3 is 0 Å². The highest BCUT2D eigenvalue weighted by atomic mass is 16.2. The Hall–Kier alpha value is -1.85. The lowest BCUT2D eigenvalue weighted by molar-refractivity contribution is -0.141. The van der Waals surface area contributed by atoms with E-state index < -0.39 is 0 Å². The van der Waals surface area contributed by atoms with E-state index in [0.29, 0.717) is 12.3 Å². The maximum Gasteiger partial charge on any atom is 0.225 e. The molecule has 2 aliphatic heterocycles. The minimum Gasteiger partial charge on any atom is -0.343 e. The normalized spacial score (nSPS) is 19.5. The van der Waals surface area contributed by atoms with Crippen molar-refractivity contribution in [1.82, 2.24) is 19.6 Å². The van der Waals surface area contributed by atoms with Gasteiger partial charge in [0.1, 0.15) is 0 Å². The van der Waals surface area contributed by atoms with E-state index in [-0.39, 0.29) is 11.8 Å². The molecule has 0 aromatic carbocycles. The molecule has 0 saturated carbocycles. The minimum atomic E-state index is 0.122. The summed E-state index contributed by atoms with van der Waals surface area (Å²) in [6.45, 7) is 4.08. The van der Waals surface area contributed by atoms with Crippen molar-refractivity contribution >= 4 is 11.8 Å². The molecule has 0 N–H and O–H groups in total. The predicted octanol–water partition coefficient (Wildman–Crippen LogP) is 1.91. The zero-order valence-corrected chi connectivity index (χ0v) is 14.4. The van der Waals surface area contributed by atoms with Crippen LogP contribution < -0.4 is 0 Å². The van der Waals surface area contributed by atoms with Crippen molar-refractivity contribution in [2.45, 2.75) is 51.5 Å². The predicted molar refractivity (Wildman–Crippen MR) is 91.2 cm³/mol. The zero-order chi connectivity index (χ0) is 16.8. The summed E-state index contributed by atoms with van der Waals surface area (Å²) < 4.78 is 1.86. The summed E-state index contributed by atoms with van der Waals surface area (Å²) in [6, 6.07) is 1.89. The molecule has 3 rings (SSSR count). The van der Waals surface area contributed by atoms with Gasteiger partial charge in [0, 0.05) is 57.5 Å². The maximum absolute atomic E-state index is 12.5. The number of aryl methyl sites for hydroxylation is 1. The standard InChI is InChI=1S/C18H28N4O2/c23-17(6-4-12-22-13-5-9-19-22)20-14-7-16(8-15-20)18(24)21-10-2-1-3-11-21/h5,9,13,16H,1-4,6-8,10-12,14-15H2. The third-order valence-corrected chi connectivity index (χ3v) is 5.20. The smallest absolute Gasteiger partial charge is 0.225 e. The summed E-state index contributed by atoms with van der Waals surface area (Å²) >= 11 is 0. The number of carbonyl (C=O) groups excluding carboxylic acids is 2. The summed E-state index contributed by atoms with van der Waals surface area (Å²) in [7, 11) is 0. The van der Waals surface area contributed by atoms with Crippen molar-refractivity contribution in [3.05, 3.63) is 18.5 Å². The Labute approximate surface area is 143 Å². The van der Waals surface area contributed by atoms with E-state index in [9.17, 15) is 9.59 Å². The lowest BCUT2D eigenvalue weighted by Gasteiger charge is -2.35. The van der Waals surface area contributed by atoms with Gasteiger partial charge in [-0.25, -0.2) is 0 Å². The molecule has 132 valence electrons. The van der Waals surface area contributed by atoms with Gasteiger partial charge in [0.25, 0.3) is 0 Å². The highest BCUT2D eigenvalue weighted by Gasteiger charge is 2.30. The quantitative estimate of drug-likeness (QED) is 0.828. The molecule has 6 nitrogen and oxygen atoms in total. The molecule has 0 aliphatic carbocycles. The number of hydrogen-bond acceptors (Lipinski definition) is 3. The van der Waals surface area contributed by atoms with E-state index >= 15 is 0 Å². The molecule has 0 atom stereocenters. The van der Waals surface area contributed by atoms with Crippen molar-refractivity contribution in [2.24, 2.45) is 5.92 Å². The molecule has 2 amide bonds. The van der Waals surface area contributed by atoms with E-state index in [1.54, 1.807) is 6.20 Å². The molecule has 0 radical (unpaired) electrons. The third kappa shape index (κ3) is 4.36. The van der Waals surface area contributed by atoms with Crippen LogP contribution in [0.5, 0.6) is 0 Å². The molecule has 2 saturated heterocycles. The van der Waals surface area contributed by atoms with Crippen molar-refractivity contribution < 1.29 is 9.59 Å². The van der Waals surface area contributed by atoms with Crippen LogP contribution in [0.15, 0.2) is 18.5 Å². The molecule has 24 heavy (non-hydrogen) atoms. The highest BCUT2D eigenvalue weighted by Crippen LogP contribution is 2.22. The van der Waals surface area contributed by atoms with Crippen molar-refractivity contribution in [2.75, 3.05) is 26.2 Å². The van der Waals surface area contributed by atoms with Gasteiger partial charge in [-0.05, 0) is 44.6 Å². The summed E-state index contributed by atoms with van der Waals surface area (Å²) in [5.74, 6) is 0.655. The van der Waals surface area contributed by atoms with E-state index in [1.165, 1.54) is 6.42 Å². The first-order valence-corrected chi connectivity index (χ1v) is 9.28. The maximum atomic E-state index is 12.5. The first-order valence-electron chi connectivity index (χ1n) is 9.28. The SMILES string of the molecule is O=C(CCCn1cccn1)N1CCC(C(=O)N2CCCCC2)CC1. The number of amides is 2. The number of likely N-dealkylation sites (tertiary alicyclic amines) is 2. The van der Waals surface area contributed by atoms with Gasteiger partial charge in [0.2, 0.25) is 11.8 Å². The molecule has 2 aliphatic rings. The molecule has 6 heteroatoms. The Morgan fingerprint density at radius 1 is 1.00 bits per heavy atom. The van der Waals surface area contributed by atoms with Crippen LogP contribution in [0.2, 0.25) is 0 Å². The van der Waals surface area contributed by atoms with Crippen LogP contribution in [0.3, 0.4) is 0 Å². The third-order valence-electron chi connectivity index (χ3n) is 5.20. The second kappa shape index (κ2) is 8.31. The first kappa shape index (κ1) is 17.0. The Morgan fingerprint density at radius 2 is 1.75 bits per heavy atom. The zero-order valence-electron chi connectivity index (χ0n) is 14.4. The fourth-order valence-electron chi connectivity index (χ4n) is 3.73.